The van der Waals surface area contributed by atoms with Crippen LogP contribution >= 0.6 is 11.6 Å². The Bertz CT molecular complexity index is 984. The number of nitriles is 1. The van der Waals surface area contributed by atoms with Gasteiger partial charge < -0.3 is 10.1 Å². The van der Waals surface area contributed by atoms with Crippen molar-refractivity contribution in [1.29, 1.82) is 5.26 Å². The summed E-state index contributed by atoms with van der Waals surface area (Å²) in [7, 11) is 0. The van der Waals surface area contributed by atoms with E-state index >= 15 is 0 Å². The van der Waals surface area contributed by atoms with Gasteiger partial charge in [0, 0.05) is 23.9 Å². The second kappa shape index (κ2) is 7.81. The molecule has 5 nitrogen and oxygen atoms in total. The van der Waals surface area contributed by atoms with E-state index in [2.05, 4.69) is 21.4 Å². The van der Waals surface area contributed by atoms with E-state index in [1.807, 2.05) is 30.3 Å². The predicted octanol–water partition coefficient (Wildman–Crippen LogP) is 5.49. The Kier molecular flexibility index (Phi) is 5.08. The zero-order chi connectivity index (χ0) is 18.6. The van der Waals surface area contributed by atoms with Gasteiger partial charge in [0.25, 0.3) is 0 Å². The van der Waals surface area contributed by atoms with Crippen LogP contribution < -0.4 is 10.1 Å². The van der Waals surface area contributed by atoms with Gasteiger partial charge in [-0.25, -0.2) is 9.97 Å². The number of nitrogens with zero attached hydrogens (tertiary/aromatic N) is 3. The van der Waals surface area contributed by atoms with Gasteiger partial charge >= 0.3 is 0 Å². The van der Waals surface area contributed by atoms with E-state index in [9.17, 15) is 0 Å². The average molecular weight is 379 g/mol. The van der Waals surface area contributed by atoms with Crippen LogP contribution in [0.3, 0.4) is 0 Å². The zero-order valence-corrected chi connectivity index (χ0v) is 15.5. The Labute approximate surface area is 163 Å². The number of anilines is 2. The molecule has 1 aromatic carbocycles. The van der Waals surface area contributed by atoms with Crippen molar-refractivity contribution in [1.82, 2.24) is 9.97 Å². The number of benzene rings is 1. The highest BCUT2D eigenvalue weighted by atomic mass is 35.5. The summed E-state index contributed by atoms with van der Waals surface area (Å²) in [6.07, 6.45) is 7.39. The maximum Gasteiger partial charge on any atom is 0.138 e. The van der Waals surface area contributed by atoms with Crippen LogP contribution in [0.4, 0.5) is 11.5 Å². The first-order chi connectivity index (χ1) is 13.2. The van der Waals surface area contributed by atoms with E-state index in [1.54, 1.807) is 18.5 Å². The topological polar surface area (TPSA) is 70.8 Å². The molecule has 0 amide bonds. The third-order valence-corrected chi connectivity index (χ3v) is 5.06. The summed E-state index contributed by atoms with van der Waals surface area (Å²) in [4.78, 5) is 8.52. The molecule has 0 bridgehead atoms. The maximum atomic E-state index is 9.15. The second-order valence-electron chi connectivity index (χ2n) is 6.77. The summed E-state index contributed by atoms with van der Waals surface area (Å²) < 4.78 is 6.15. The van der Waals surface area contributed by atoms with Crippen LogP contribution in [-0.2, 0) is 0 Å². The number of hydrogen-bond donors (Lipinski definition) is 1. The molecule has 1 fully saturated rings. The van der Waals surface area contributed by atoms with Crippen molar-refractivity contribution in [3.05, 3.63) is 53.9 Å². The molecule has 2 atom stereocenters. The Hall–Kier alpha value is -2.84. The Morgan fingerprint density at radius 1 is 1.15 bits per heavy atom. The van der Waals surface area contributed by atoms with Gasteiger partial charge in [-0.2, -0.15) is 5.26 Å². The van der Waals surface area contributed by atoms with Crippen LogP contribution in [0.1, 0.15) is 25.7 Å². The Balaban J connectivity index is 1.55. The quantitative estimate of drug-likeness (QED) is 0.608. The lowest BCUT2D eigenvalue weighted by atomic mass is 9.88. The van der Waals surface area contributed by atoms with Gasteiger partial charge in [0.15, 0.2) is 0 Å². The fraction of sp³-hybridized carbons (Fsp3) is 0.286. The van der Waals surface area contributed by atoms with Crippen molar-refractivity contribution < 1.29 is 4.74 Å². The molecule has 0 spiro atoms. The largest absolute Gasteiger partial charge is 0.490 e. The smallest absolute Gasteiger partial charge is 0.138 e. The molecule has 0 saturated heterocycles. The number of halogens is 1. The van der Waals surface area contributed by atoms with Crippen LogP contribution in [-0.4, -0.2) is 16.1 Å². The molecule has 136 valence electrons. The normalized spacial score (nSPS) is 19.4. The molecule has 0 aliphatic heterocycles. The molecule has 0 radical (unpaired) electrons. The van der Waals surface area contributed by atoms with Gasteiger partial charge in [0.2, 0.25) is 0 Å². The van der Waals surface area contributed by atoms with Crippen molar-refractivity contribution in [2.24, 2.45) is 5.92 Å². The van der Waals surface area contributed by atoms with E-state index in [0.717, 1.165) is 53.7 Å². The number of pyridine rings is 2. The van der Waals surface area contributed by atoms with Crippen molar-refractivity contribution >= 4 is 33.9 Å². The second-order valence-corrected chi connectivity index (χ2v) is 7.16. The molecular formula is C21H19ClN4O. The lowest BCUT2D eigenvalue weighted by Gasteiger charge is -2.26. The fourth-order valence-electron chi connectivity index (χ4n) is 3.48. The monoisotopic (exact) mass is 378 g/mol. The van der Waals surface area contributed by atoms with Crippen LogP contribution in [0.2, 0.25) is 5.15 Å². The number of hydrogen-bond acceptors (Lipinski definition) is 5. The molecule has 1 N–H and O–H groups in total. The predicted molar refractivity (Wildman–Crippen MR) is 106 cm³/mol. The molecule has 1 aliphatic carbocycles. The fourth-order valence-corrected chi connectivity index (χ4v) is 3.59. The minimum absolute atomic E-state index is 0.109. The summed E-state index contributed by atoms with van der Waals surface area (Å²) in [6, 6.07) is 13.9. The zero-order valence-electron chi connectivity index (χ0n) is 14.7. The molecule has 6 heteroatoms. The number of ether oxygens (including phenoxy) is 1. The van der Waals surface area contributed by atoms with E-state index < -0.39 is 0 Å². The molecule has 3 aromatic rings. The highest BCUT2D eigenvalue weighted by Gasteiger charge is 2.23. The van der Waals surface area contributed by atoms with E-state index in [4.69, 9.17) is 21.6 Å². The first kappa shape index (κ1) is 17.6. The SMILES string of the molecule is N#C[C@H]1CCC[C@@H](Oc2ccc3c(Nc4ccc(Cl)nc4)nccc3c2)C1. The average Bonchev–Trinajstić information content (AvgIpc) is 2.70. The highest BCUT2D eigenvalue weighted by Crippen LogP contribution is 2.31. The molecular weight excluding hydrogens is 360 g/mol. The number of rotatable bonds is 4. The molecule has 1 saturated carbocycles. The molecule has 2 aromatic heterocycles. The van der Waals surface area contributed by atoms with Gasteiger partial charge in [-0.15, -0.1) is 0 Å². The van der Waals surface area contributed by atoms with Gasteiger partial charge in [0.1, 0.15) is 16.7 Å². The number of nitrogens with one attached hydrogen (secondary N) is 1. The maximum absolute atomic E-state index is 9.15. The molecule has 27 heavy (non-hydrogen) atoms. The molecule has 2 heterocycles. The van der Waals surface area contributed by atoms with E-state index in [1.165, 1.54) is 0 Å². The summed E-state index contributed by atoms with van der Waals surface area (Å²) in [6.45, 7) is 0. The van der Waals surface area contributed by atoms with Crippen molar-refractivity contribution in [2.45, 2.75) is 31.8 Å². The van der Waals surface area contributed by atoms with Gasteiger partial charge in [-0.3, -0.25) is 0 Å². The van der Waals surface area contributed by atoms with Crippen LogP contribution in [0.25, 0.3) is 10.8 Å². The summed E-state index contributed by atoms with van der Waals surface area (Å²) >= 11 is 5.84. The minimum Gasteiger partial charge on any atom is -0.490 e. The van der Waals surface area contributed by atoms with Crippen LogP contribution in [0.5, 0.6) is 5.75 Å². The summed E-state index contributed by atoms with van der Waals surface area (Å²) in [5.41, 5.74) is 0.824. The molecule has 4 rings (SSSR count). The van der Waals surface area contributed by atoms with E-state index in [-0.39, 0.29) is 12.0 Å². The van der Waals surface area contributed by atoms with Crippen molar-refractivity contribution in [3.8, 4) is 11.8 Å². The third-order valence-electron chi connectivity index (χ3n) is 4.84. The first-order valence-corrected chi connectivity index (χ1v) is 9.43. The summed E-state index contributed by atoms with van der Waals surface area (Å²) in [5.74, 6) is 1.69. The lowest BCUT2D eigenvalue weighted by Crippen LogP contribution is -2.24. The summed E-state index contributed by atoms with van der Waals surface area (Å²) in [5, 5.41) is 14.9. The molecule has 0 unspecified atom stereocenters. The number of fused-ring (bicyclic) bond motifs is 1. The minimum atomic E-state index is 0.109. The Morgan fingerprint density at radius 2 is 2.07 bits per heavy atom. The van der Waals surface area contributed by atoms with Gasteiger partial charge in [-0.1, -0.05) is 11.6 Å². The van der Waals surface area contributed by atoms with Crippen molar-refractivity contribution in [2.75, 3.05) is 5.32 Å². The highest BCUT2D eigenvalue weighted by molar-refractivity contribution is 6.29. The van der Waals surface area contributed by atoms with Gasteiger partial charge in [0.05, 0.1) is 24.1 Å². The van der Waals surface area contributed by atoms with Crippen LogP contribution in [0.15, 0.2) is 48.8 Å². The first-order valence-electron chi connectivity index (χ1n) is 9.05. The molecule has 1 aliphatic rings. The third kappa shape index (κ3) is 4.12. The number of aromatic nitrogens is 2. The van der Waals surface area contributed by atoms with Crippen LogP contribution in [0, 0.1) is 17.2 Å². The van der Waals surface area contributed by atoms with Gasteiger partial charge in [-0.05, 0) is 61.0 Å². The standard InChI is InChI=1S/C21H19ClN4O/c22-20-7-4-16(13-25-20)26-21-19-6-5-18(11-15(19)8-9-24-21)27-17-3-1-2-14(10-17)12-23/h4-9,11,13-14,17H,1-3,10H2,(H,24,26)/t14-,17+/m0/s1. The Morgan fingerprint density at radius 3 is 2.89 bits per heavy atom. The lowest BCUT2D eigenvalue weighted by molar-refractivity contribution is 0.138. The van der Waals surface area contributed by atoms with E-state index in [0.29, 0.717) is 5.15 Å². The van der Waals surface area contributed by atoms with Crippen molar-refractivity contribution in [3.63, 3.8) is 0 Å².